The summed E-state index contributed by atoms with van der Waals surface area (Å²) in [6.07, 6.45) is 16.3. The van der Waals surface area contributed by atoms with Crippen LogP contribution < -0.4 is 0 Å². The summed E-state index contributed by atoms with van der Waals surface area (Å²) >= 11 is 0. The first-order chi connectivity index (χ1) is 24.2. The van der Waals surface area contributed by atoms with Crippen molar-refractivity contribution >= 4 is 5.57 Å². The lowest BCUT2D eigenvalue weighted by molar-refractivity contribution is 0.446. The van der Waals surface area contributed by atoms with Gasteiger partial charge in [-0.3, -0.25) is 0 Å². The van der Waals surface area contributed by atoms with E-state index in [1.54, 1.807) is 0 Å². The van der Waals surface area contributed by atoms with Gasteiger partial charge in [0.05, 0.1) is 11.4 Å². The Morgan fingerprint density at radius 1 is 0.429 bits per heavy atom. The minimum atomic E-state index is -0.00491. The Labute approximate surface area is 291 Å². The Morgan fingerprint density at radius 2 is 0.980 bits per heavy atom. The normalized spacial score (nSPS) is 15.7. The molecule has 1 fully saturated rings. The average molecular weight is 635 g/mol. The van der Waals surface area contributed by atoms with Gasteiger partial charge < -0.3 is 0 Å². The van der Waals surface area contributed by atoms with Gasteiger partial charge in [0.1, 0.15) is 0 Å². The van der Waals surface area contributed by atoms with E-state index in [4.69, 9.17) is 9.97 Å². The molecule has 49 heavy (non-hydrogen) atoms. The highest BCUT2D eigenvalue weighted by atomic mass is 14.9. The molecule has 1 aromatic heterocycles. The van der Waals surface area contributed by atoms with E-state index in [0.717, 1.165) is 41.2 Å². The van der Waals surface area contributed by atoms with Crippen LogP contribution in [-0.4, -0.2) is 9.97 Å². The van der Waals surface area contributed by atoms with Crippen LogP contribution in [0.15, 0.2) is 158 Å². The second kappa shape index (κ2) is 14.0. The number of hydrogen-bond acceptors (Lipinski definition) is 2. The van der Waals surface area contributed by atoms with Crippen molar-refractivity contribution in [3.05, 3.63) is 175 Å². The van der Waals surface area contributed by atoms with E-state index in [9.17, 15) is 0 Å². The maximum Gasteiger partial charge on any atom is 0.160 e. The van der Waals surface area contributed by atoms with Crippen molar-refractivity contribution in [2.24, 2.45) is 0 Å². The van der Waals surface area contributed by atoms with Crippen molar-refractivity contribution in [2.75, 3.05) is 0 Å². The van der Waals surface area contributed by atoms with Crippen molar-refractivity contribution in [1.29, 1.82) is 0 Å². The van der Waals surface area contributed by atoms with Crippen LogP contribution in [0.5, 0.6) is 0 Å². The van der Waals surface area contributed by atoms with E-state index in [1.807, 2.05) is 0 Å². The van der Waals surface area contributed by atoms with Crippen LogP contribution in [0.25, 0.3) is 50.5 Å². The molecule has 0 bridgehead atoms. The third kappa shape index (κ3) is 6.56. The highest BCUT2D eigenvalue weighted by molar-refractivity contribution is 5.77. The van der Waals surface area contributed by atoms with Gasteiger partial charge in [-0.15, -0.1) is 0 Å². The molecule has 0 radical (unpaired) electrons. The third-order valence-electron chi connectivity index (χ3n) is 10.5. The molecule has 2 nitrogen and oxygen atoms in total. The monoisotopic (exact) mass is 634 g/mol. The van der Waals surface area contributed by atoms with E-state index >= 15 is 0 Å². The molecule has 8 rings (SSSR count). The Bertz CT molecular complexity index is 2080. The zero-order valence-corrected chi connectivity index (χ0v) is 28.1. The molecule has 0 unspecified atom stereocenters. The molecular weight excluding hydrogens is 593 g/mol. The largest absolute Gasteiger partial charge is 0.228 e. The maximum absolute atomic E-state index is 5.12. The standard InChI is InChI=1S/C47H42N2/c1-2-13-32-47(31-12-1,42-27-23-36(24-28-42)41-22-14-21-40(33-41)35-15-6-3-7-16-35)43-29-25-39(26-30-43)46-48-44(37-17-8-4-9-18-37)34-45(49-46)38-19-10-5-11-20-38/h3-4,6-10,14-30,33-34H,1-2,5,11-13,31-32H2. The minimum absolute atomic E-state index is 0.00491. The van der Waals surface area contributed by atoms with Gasteiger partial charge in [0, 0.05) is 16.5 Å². The van der Waals surface area contributed by atoms with Gasteiger partial charge in [-0.2, -0.15) is 0 Å². The van der Waals surface area contributed by atoms with Crippen molar-refractivity contribution < 1.29 is 0 Å². The molecule has 0 aliphatic heterocycles. The molecule has 0 spiro atoms. The van der Waals surface area contributed by atoms with Gasteiger partial charge in [0.25, 0.3) is 0 Å². The molecule has 2 heteroatoms. The molecule has 1 saturated carbocycles. The van der Waals surface area contributed by atoms with Crippen LogP contribution >= 0.6 is 0 Å². The number of rotatable bonds is 7. The molecule has 0 amide bonds. The summed E-state index contributed by atoms with van der Waals surface area (Å²) in [5, 5.41) is 0. The number of nitrogens with zero attached hydrogens (tertiary/aromatic N) is 2. The molecule has 0 N–H and O–H groups in total. The fourth-order valence-corrected chi connectivity index (χ4v) is 7.79. The second-order valence-electron chi connectivity index (χ2n) is 13.6. The summed E-state index contributed by atoms with van der Waals surface area (Å²) in [6, 6.07) is 50.8. The van der Waals surface area contributed by atoms with E-state index in [2.05, 4.69) is 158 Å². The van der Waals surface area contributed by atoms with Crippen LogP contribution in [0, 0.1) is 0 Å². The highest BCUT2D eigenvalue weighted by Crippen LogP contribution is 2.45. The summed E-state index contributed by atoms with van der Waals surface area (Å²) in [5.41, 5.74) is 13.1. The zero-order chi connectivity index (χ0) is 32.9. The molecule has 2 aliphatic rings. The minimum Gasteiger partial charge on any atom is -0.228 e. The van der Waals surface area contributed by atoms with Crippen LogP contribution in [0.4, 0.5) is 0 Å². The first kappa shape index (κ1) is 31.0. The first-order valence-corrected chi connectivity index (χ1v) is 17.9. The summed E-state index contributed by atoms with van der Waals surface area (Å²) in [7, 11) is 0. The number of benzene rings is 5. The third-order valence-corrected chi connectivity index (χ3v) is 10.5. The van der Waals surface area contributed by atoms with Crippen LogP contribution in [0.3, 0.4) is 0 Å². The predicted octanol–water partition coefficient (Wildman–Crippen LogP) is 12.5. The molecule has 240 valence electrons. The maximum atomic E-state index is 5.12. The van der Waals surface area contributed by atoms with E-state index in [0.29, 0.717) is 0 Å². The van der Waals surface area contributed by atoms with E-state index in [1.165, 1.54) is 77.5 Å². The molecular formula is C47H42N2. The van der Waals surface area contributed by atoms with Gasteiger partial charge in [0.15, 0.2) is 5.82 Å². The van der Waals surface area contributed by atoms with Gasteiger partial charge in [0.2, 0.25) is 0 Å². The Hall–Kier alpha value is -5.34. The topological polar surface area (TPSA) is 25.8 Å². The smallest absolute Gasteiger partial charge is 0.160 e. The molecule has 2 aliphatic carbocycles. The van der Waals surface area contributed by atoms with Crippen molar-refractivity contribution in [2.45, 2.75) is 56.8 Å². The summed E-state index contributed by atoms with van der Waals surface area (Å²) < 4.78 is 0. The molecule has 6 aromatic rings. The average Bonchev–Trinajstić information content (AvgIpc) is 3.46. The summed E-state index contributed by atoms with van der Waals surface area (Å²) in [6.45, 7) is 0. The molecule has 0 atom stereocenters. The van der Waals surface area contributed by atoms with E-state index < -0.39 is 0 Å². The fraction of sp³-hybridized carbons (Fsp3) is 0.191. The fourth-order valence-electron chi connectivity index (χ4n) is 7.79. The lowest BCUT2D eigenvalue weighted by Gasteiger charge is -2.35. The van der Waals surface area contributed by atoms with Crippen LogP contribution in [0.2, 0.25) is 0 Å². The Morgan fingerprint density at radius 3 is 1.59 bits per heavy atom. The molecule has 0 saturated heterocycles. The van der Waals surface area contributed by atoms with Crippen LogP contribution in [0.1, 0.15) is 68.2 Å². The summed E-state index contributed by atoms with van der Waals surface area (Å²) in [5.74, 6) is 0.778. The Balaban J connectivity index is 1.14. The SMILES string of the molecule is C1=CC(c2cc(-c3ccccc3)nc(-c3ccc(C4(c5ccc(-c6cccc(-c7ccccc7)c6)cc5)CCCCCC4)cc3)n2)=CCC1. The van der Waals surface area contributed by atoms with Crippen molar-refractivity contribution in [1.82, 2.24) is 9.97 Å². The zero-order valence-electron chi connectivity index (χ0n) is 28.1. The molecule has 1 heterocycles. The second-order valence-corrected chi connectivity index (χ2v) is 13.6. The van der Waals surface area contributed by atoms with Gasteiger partial charge in [-0.1, -0.05) is 171 Å². The number of allylic oxidation sites excluding steroid dienone is 4. The Kier molecular flexibility index (Phi) is 8.86. The molecule has 5 aromatic carbocycles. The quantitative estimate of drug-likeness (QED) is 0.163. The van der Waals surface area contributed by atoms with Crippen molar-refractivity contribution in [3.8, 4) is 44.9 Å². The number of aromatic nitrogens is 2. The predicted molar refractivity (Wildman–Crippen MR) is 205 cm³/mol. The lowest BCUT2D eigenvalue weighted by atomic mass is 9.69. The number of hydrogen-bond donors (Lipinski definition) is 0. The van der Waals surface area contributed by atoms with Crippen molar-refractivity contribution in [3.63, 3.8) is 0 Å². The van der Waals surface area contributed by atoms with Gasteiger partial charge >= 0.3 is 0 Å². The van der Waals surface area contributed by atoms with Gasteiger partial charge in [-0.05, 0) is 76.8 Å². The highest BCUT2D eigenvalue weighted by Gasteiger charge is 2.34. The lowest BCUT2D eigenvalue weighted by Crippen LogP contribution is -2.27. The van der Waals surface area contributed by atoms with Gasteiger partial charge in [-0.25, -0.2) is 9.97 Å². The first-order valence-electron chi connectivity index (χ1n) is 17.9. The van der Waals surface area contributed by atoms with Crippen LogP contribution in [-0.2, 0) is 5.41 Å². The summed E-state index contributed by atoms with van der Waals surface area (Å²) in [4.78, 5) is 10.2. The van der Waals surface area contributed by atoms with E-state index in [-0.39, 0.29) is 5.41 Å².